The minimum absolute atomic E-state index is 0.0543. The van der Waals surface area contributed by atoms with Crippen molar-refractivity contribution in [3.63, 3.8) is 0 Å². The average molecular weight is 244 g/mol. The van der Waals surface area contributed by atoms with E-state index in [2.05, 4.69) is 6.92 Å². The van der Waals surface area contributed by atoms with Crippen molar-refractivity contribution in [2.45, 2.75) is 58.8 Å². The van der Waals surface area contributed by atoms with Crippen LogP contribution in [0, 0.1) is 11.8 Å². The smallest absolute Gasteiger partial charge is 0.306 e. The number of carbonyl (C=O) groups is 2. The first kappa shape index (κ1) is 15.9. The zero-order valence-corrected chi connectivity index (χ0v) is 10.8. The second-order valence-corrected chi connectivity index (χ2v) is 4.82. The van der Waals surface area contributed by atoms with Gasteiger partial charge in [0.2, 0.25) is 0 Å². The summed E-state index contributed by atoms with van der Waals surface area (Å²) >= 11 is 0. The van der Waals surface area contributed by atoms with Crippen molar-refractivity contribution in [2.75, 3.05) is 0 Å². The molecule has 0 heterocycles. The van der Waals surface area contributed by atoms with E-state index in [1.807, 2.05) is 0 Å². The first-order valence-electron chi connectivity index (χ1n) is 6.42. The Balaban J connectivity index is 3.97. The number of carboxylic acids is 2. The van der Waals surface area contributed by atoms with Gasteiger partial charge in [-0.1, -0.05) is 39.5 Å². The molecule has 0 aliphatic carbocycles. The molecule has 2 unspecified atom stereocenters. The van der Waals surface area contributed by atoms with Crippen molar-refractivity contribution in [1.29, 1.82) is 0 Å². The molecule has 4 nitrogen and oxygen atoms in total. The number of hydrogen-bond acceptors (Lipinski definition) is 2. The summed E-state index contributed by atoms with van der Waals surface area (Å²) < 4.78 is 0. The van der Waals surface area contributed by atoms with Gasteiger partial charge in [-0.15, -0.1) is 0 Å². The summed E-state index contributed by atoms with van der Waals surface area (Å²) in [6.45, 7) is 3.92. The zero-order chi connectivity index (χ0) is 13.3. The Morgan fingerprint density at radius 1 is 1.12 bits per heavy atom. The summed E-state index contributed by atoms with van der Waals surface area (Å²) in [4.78, 5) is 21.5. The Bertz CT molecular complexity index is 238. The fourth-order valence-electron chi connectivity index (χ4n) is 2.03. The van der Waals surface area contributed by atoms with Gasteiger partial charge in [0.25, 0.3) is 0 Å². The van der Waals surface area contributed by atoms with E-state index in [0.29, 0.717) is 12.8 Å². The number of hydrogen-bond donors (Lipinski definition) is 2. The highest BCUT2D eigenvalue weighted by Crippen LogP contribution is 2.21. The first-order valence-corrected chi connectivity index (χ1v) is 6.42. The maximum absolute atomic E-state index is 11.0. The number of aliphatic carboxylic acids is 2. The molecule has 0 rings (SSSR count). The van der Waals surface area contributed by atoms with Crippen molar-refractivity contribution in [3.05, 3.63) is 0 Å². The molecule has 2 N–H and O–H groups in total. The normalized spacial score (nSPS) is 14.2. The van der Waals surface area contributed by atoms with Gasteiger partial charge in [0.05, 0.1) is 5.92 Å². The van der Waals surface area contributed by atoms with Crippen molar-refractivity contribution >= 4 is 11.9 Å². The molecule has 0 amide bonds. The molecule has 2 atom stereocenters. The van der Waals surface area contributed by atoms with Gasteiger partial charge in [0.1, 0.15) is 0 Å². The van der Waals surface area contributed by atoms with Crippen LogP contribution in [0.25, 0.3) is 0 Å². The van der Waals surface area contributed by atoms with Crippen LogP contribution in [0.3, 0.4) is 0 Å². The fraction of sp³-hybridized carbons (Fsp3) is 0.846. The van der Waals surface area contributed by atoms with Gasteiger partial charge < -0.3 is 10.2 Å². The van der Waals surface area contributed by atoms with E-state index in [4.69, 9.17) is 10.2 Å². The van der Waals surface area contributed by atoms with Crippen LogP contribution in [-0.2, 0) is 9.59 Å². The summed E-state index contributed by atoms with van der Waals surface area (Å²) in [6.07, 6.45) is 5.44. The predicted molar refractivity (Wildman–Crippen MR) is 65.9 cm³/mol. The largest absolute Gasteiger partial charge is 0.481 e. The quantitative estimate of drug-likeness (QED) is 0.579. The van der Waals surface area contributed by atoms with Crippen LogP contribution in [0.15, 0.2) is 0 Å². The Labute approximate surface area is 103 Å². The van der Waals surface area contributed by atoms with Gasteiger partial charge in [0, 0.05) is 6.42 Å². The van der Waals surface area contributed by atoms with Crippen LogP contribution in [0.4, 0.5) is 0 Å². The standard InChI is InChI=1S/C13H24O4/c1-3-4-5-6-7-11(13(16)17)8-10(2)9-12(14)15/h10-11H,3-9H2,1-2H3,(H,14,15)(H,16,17). The van der Waals surface area contributed by atoms with E-state index in [0.717, 1.165) is 25.7 Å². The van der Waals surface area contributed by atoms with Crippen molar-refractivity contribution in [1.82, 2.24) is 0 Å². The van der Waals surface area contributed by atoms with Crippen LogP contribution in [0.2, 0.25) is 0 Å². The lowest BCUT2D eigenvalue weighted by Crippen LogP contribution is -2.18. The summed E-state index contributed by atoms with van der Waals surface area (Å²) in [5.74, 6) is -2.10. The second-order valence-electron chi connectivity index (χ2n) is 4.82. The minimum Gasteiger partial charge on any atom is -0.481 e. The third-order valence-corrected chi connectivity index (χ3v) is 2.97. The van der Waals surface area contributed by atoms with E-state index < -0.39 is 11.9 Å². The van der Waals surface area contributed by atoms with Gasteiger partial charge in [-0.2, -0.15) is 0 Å². The van der Waals surface area contributed by atoms with E-state index >= 15 is 0 Å². The summed E-state index contributed by atoms with van der Waals surface area (Å²) in [5.41, 5.74) is 0. The number of rotatable bonds is 10. The lowest BCUT2D eigenvalue weighted by atomic mass is 9.89. The molecule has 100 valence electrons. The maximum Gasteiger partial charge on any atom is 0.306 e. The van der Waals surface area contributed by atoms with Crippen LogP contribution in [0.5, 0.6) is 0 Å². The molecule has 0 fully saturated rings. The van der Waals surface area contributed by atoms with Gasteiger partial charge in [0.15, 0.2) is 0 Å². The molecular weight excluding hydrogens is 220 g/mol. The van der Waals surface area contributed by atoms with Crippen molar-refractivity contribution < 1.29 is 19.8 Å². The van der Waals surface area contributed by atoms with Crippen molar-refractivity contribution in [2.24, 2.45) is 11.8 Å². The van der Waals surface area contributed by atoms with Crippen LogP contribution in [-0.4, -0.2) is 22.2 Å². The highest BCUT2D eigenvalue weighted by Gasteiger charge is 2.21. The fourth-order valence-corrected chi connectivity index (χ4v) is 2.03. The maximum atomic E-state index is 11.0. The highest BCUT2D eigenvalue weighted by molar-refractivity contribution is 5.70. The Kier molecular flexibility index (Phi) is 8.46. The molecule has 17 heavy (non-hydrogen) atoms. The molecule has 0 saturated carbocycles. The molecule has 0 aromatic carbocycles. The first-order chi connectivity index (χ1) is 7.97. The van der Waals surface area contributed by atoms with E-state index in [9.17, 15) is 9.59 Å². The SMILES string of the molecule is CCCCCCC(CC(C)CC(=O)O)C(=O)O. The minimum atomic E-state index is -0.854. The molecule has 0 radical (unpaired) electrons. The summed E-state index contributed by atoms with van der Waals surface area (Å²) in [5, 5.41) is 17.7. The van der Waals surface area contributed by atoms with Gasteiger partial charge in [-0.05, 0) is 18.8 Å². The van der Waals surface area contributed by atoms with Crippen LogP contribution >= 0.6 is 0 Å². The topological polar surface area (TPSA) is 74.6 Å². The molecule has 0 bridgehead atoms. The van der Waals surface area contributed by atoms with E-state index in [-0.39, 0.29) is 18.3 Å². The van der Waals surface area contributed by atoms with E-state index in [1.165, 1.54) is 0 Å². The molecule has 0 aliphatic rings. The lowest BCUT2D eigenvalue weighted by Gasteiger charge is -2.16. The lowest BCUT2D eigenvalue weighted by molar-refractivity contribution is -0.144. The third kappa shape index (κ3) is 8.72. The average Bonchev–Trinajstić information content (AvgIpc) is 2.21. The molecule has 0 aliphatic heterocycles. The second kappa shape index (κ2) is 9.02. The predicted octanol–water partition coefficient (Wildman–Crippen LogP) is 3.16. The molecular formula is C13H24O4. The molecule has 0 saturated heterocycles. The van der Waals surface area contributed by atoms with Gasteiger partial charge in [-0.3, -0.25) is 9.59 Å². The highest BCUT2D eigenvalue weighted by atomic mass is 16.4. The number of unbranched alkanes of at least 4 members (excludes halogenated alkanes) is 3. The zero-order valence-electron chi connectivity index (χ0n) is 10.8. The summed E-state index contributed by atoms with van der Waals surface area (Å²) in [7, 11) is 0. The van der Waals surface area contributed by atoms with Crippen LogP contribution < -0.4 is 0 Å². The van der Waals surface area contributed by atoms with Gasteiger partial charge >= 0.3 is 11.9 Å². The molecule has 0 aromatic heterocycles. The monoisotopic (exact) mass is 244 g/mol. The van der Waals surface area contributed by atoms with E-state index in [1.54, 1.807) is 6.92 Å². The molecule has 4 heteroatoms. The van der Waals surface area contributed by atoms with Crippen LogP contribution in [0.1, 0.15) is 58.8 Å². The third-order valence-electron chi connectivity index (χ3n) is 2.97. The Hall–Kier alpha value is -1.06. The Morgan fingerprint density at radius 3 is 2.24 bits per heavy atom. The van der Waals surface area contributed by atoms with Gasteiger partial charge in [-0.25, -0.2) is 0 Å². The molecule has 0 spiro atoms. The summed E-state index contributed by atoms with van der Waals surface area (Å²) in [6, 6.07) is 0. The molecule has 0 aromatic rings. The van der Waals surface area contributed by atoms with Crippen molar-refractivity contribution in [3.8, 4) is 0 Å². The number of carboxylic acid groups (broad SMARTS) is 2. The Morgan fingerprint density at radius 2 is 1.76 bits per heavy atom.